The van der Waals surface area contributed by atoms with Crippen LogP contribution in [-0.2, 0) is 16.6 Å². The fourth-order valence-corrected chi connectivity index (χ4v) is 8.00. The van der Waals surface area contributed by atoms with Crippen LogP contribution in [0, 0.1) is 11.7 Å². The molecule has 3 aromatic rings. The molecular formula is C37H40ClFN2O4. The standard InChI is InChI=1S/C37H40ClFN2O4/c1-22(21-45-33-10-15-40-32-9-4-6-23(2)34(32)33)16-26-17-25-18-31(39)29(24(3)42)20-30(25)36(26)11-13-37(14-12-36,35(43)44)41-28-8-5-7-27(38)19-28/h5,7-8,10,15,17-20,22-23,41H,4,6,9,11-14,16,21H2,1-3H3,(H,43,44)/t22-,23+,36?,37?/m1/s1. The SMILES string of the molecule is CC(=O)c1cc2c(cc1F)C=C(C[C@@H](C)COc1ccnc3c1[C@@H](C)CCC3)C21CCC(Nc2cccc(Cl)c2)(C(=O)O)CC1. The molecule has 1 saturated carbocycles. The number of ketones is 1. The molecule has 3 aliphatic rings. The smallest absolute Gasteiger partial charge is 0.329 e. The van der Waals surface area contributed by atoms with E-state index in [1.54, 1.807) is 24.3 Å². The Morgan fingerprint density at radius 3 is 2.67 bits per heavy atom. The molecule has 6 nitrogen and oxygen atoms in total. The summed E-state index contributed by atoms with van der Waals surface area (Å²) in [5.74, 6) is -0.319. The van der Waals surface area contributed by atoms with Crippen molar-refractivity contribution >= 4 is 35.1 Å². The Kier molecular flexibility index (Phi) is 8.51. The van der Waals surface area contributed by atoms with Crippen molar-refractivity contribution in [1.29, 1.82) is 0 Å². The number of halogens is 2. The summed E-state index contributed by atoms with van der Waals surface area (Å²) in [4.78, 5) is 29.8. The van der Waals surface area contributed by atoms with Gasteiger partial charge in [-0.15, -0.1) is 0 Å². The zero-order valence-electron chi connectivity index (χ0n) is 26.1. The van der Waals surface area contributed by atoms with Gasteiger partial charge in [-0.2, -0.15) is 0 Å². The lowest BCUT2D eigenvalue weighted by atomic mass is 9.61. The molecule has 2 N–H and O–H groups in total. The summed E-state index contributed by atoms with van der Waals surface area (Å²) in [6, 6.07) is 12.2. The van der Waals surface area contributed by atoms with E-state index in [-0.39, 0.29) is 17.3 Å². The molecular weight excluding hydrogens is 591 g/mol. The molecule has 0 bridgehead atoms. The van der Waals surface area contributed by atoms with Crippen LogP contribution in [0.25, 0.3) is 6.08 Å². The van der Waals surface area contributed by atoms with Gasteiger partial charge >= 0.3 is 5.97 Å². The van der Waals surface area contributed by atoms with Crippen LogP contribution < -0.4 is 10.1 Å². The number of aliphatic carboxylic acids is 1. The summed E-state index contributed by atoms with van der Waals surface area (Å²) < 4.78 is 21.5. The summed E-state index contributed by atoms with van der Waals surface area (Å²) in [6.45, 7) is 6.27. The van der Waals surface area contributed by atoms with Crippen molar-refractivity contribution in [3.63, 3.8) is 0 Å². The lowest BCUT2D eigenvalue weighted by molar-refractivity contribution is -0.143. The first-order valence-corrected chi connectivity index (χ1v) is 16.3. The second-order valence-electron chi connectivity index (χ2n) is 13.3. The predicted octanol–water partition coefficient (Wildman–Crippen LogP) is 8.77. The van der Waals surface area contributed by atoms with Crippen molar-refractivity contribution in [2.45, 2.75) is 89.0 Å². The minimum absolute atomic E-state index is 0.0721. The monoisotopic (exact) mass is 630 g/mol. The van der Waals surface area contributed by atoms with Crippen LogP contribution in [-0.4, -0.2) is 34.0 Å². The number of aromatic nitrogens is 1. The third-order valence-electron chi connectivity index (χ3n) is 10.2. The Bertz CT molecular complexity index is 1680. The molecule has 0 amide bonds. The summed E-state index contributed by atoms with van der Waals surface area (Å²) in [7, 11) is 0. The fraction of sp³-hybridized carbons (Fsp3) is 0.432. The van der Waals surface area contributed by atoms with Crippen LogP contribution in [0.15, 0.2) is 54.2 Å². The number of anilines is 1. The third kappa shape index (κ3) is 5.87. The number of rotatable bonds is 9. The van der Waals surface area contributed by atoms with Crippen molar-refractivity contribution in [3.8, 4) is 5.75 Å². The molecule has 1 aromatic heterocycles. The lowest BCUT2D eigenvalue weighted by Crippen LogP contribution is -2.52. The van der Waals surface area contributed by atoms with Gasteiger partial charge in [-0.05, 0) is 118 Å². The molecule has 1 fully saturated rings. The highest BCUT2D eigenvalue weighted by molar-refractivity contribution is 6.30. The van der Waals surface area contributed by atoms with Gasteiger partial charge in [-0.25, -0.2) is 9.18 Å². The van der Waals surface area contributed by atoms with Gasteiger partial charge in [-0.1, -0.05) is 43.2 Å². The van der Waals surface area contributed by atoms with Crippen LogP contribution in [0.3, 0.4) is 0 Å². The number of carbonyl (C=O) groups excluding carboxylic acids is 1. The summed E-state index contributed by atoms with van der Waals surface area (Å²) in [5.41, 5.74) is 4.22. The average Bonchev–Trinajstić information content (AvgIpc) is 3.27. The molecule has 0 radical (unpaired) electrons. The van der Waals surface area contributed by atoms with Gasteiger partial charge in [0.1, 0.15) is 17.1 Å². The number of hydrogen-bond donors (Lipinski definition) is 2. The summed E-state index contributed by atoms with van der Waals surface area (Å²) in [5, 5.41) is 14.3. The van der Waals surface area contributed by atoms with E-state index in [2.05, 4.69) is 30.2 Å². The number of hydrogen-bond acceptors (Lipinski definition) is 5. The lowest BCUT2D eigenvalue weighted by Gasteiger charge is -2.46. The molecule has 45 heavy (non-hydrogen) atoms. The van der Waals surface area contributed by atoms with E-state index in [9.17, 15) is 14.7 Å². The zero-order chi connectivity index (χ0) is 31.9. The van der Waals surface area contributed by atoms with Gasteiger partial charge in [0.25, 0.3) is 0 Å². The van der Waals surface area contributed by atoms with Crippen LogP contribution in [0.5, 0.6) is 5.75 Å². The number of aryl methyl sites for hydroxylation is 1. The van der Waals surface area contributed by atoms with Crippen molar-refractivity contribution < 1.29 is 23.8 Å². The minimum Gasteiger partial charge on any atom is -0.493 e. The van der Waals surface area contributed by atoms with Gasteiger partial charge in [0.2, 0.25) is 0 Å². The molecule has 2 atom stereocenters. The maximum absolute atomic E-state index is 15.0. The van der Waals surface area contributed by atoms with E-state index in [0.29, 0.717) is 55.3 Å². The Hall–Kier alpha value is -3.71. The van der Waals surface area contributed by atoms with Gasteiger partial charge < -0.3 is 15.2 Å². The third-order valence-corrected chi connectivity index (χ3v) is 10.5. The number of pyridine rings is 1. The molecule has 1 spiro atoms. The van der Waals surface area contributed by atoms with Crippen LogP contribution >= 0.6 is 11.6 Å². The minimum atomic E-state index is -1.18. The number of benzene rings is 2. The van der Waals surface area contributed by atoms with Gasteiger partial charge in [0.05, 0.1) is 12.2 Å². The number of nitrogens with zero attached hydrogens (tertiary/aromatic N) is 1. The highest BCUT2D eigenvalue weighted by Gasteiger charge is 2.52. The topological polar surface area (TPSA) is 88.5 Å². The molecule has 0 saturated heterocycles. The van der Waals surface area contributed by atoms with E-state index in [4.69, 9.17) is 16.3 Å². The van der Waals surface area contributed by atoms with E-state index in [0.717, 1.165) is 47.4 Å². The first kappa shape index (κ1) is 31.3. The molecule has 0 aliphatic heterocycles. The van der Waals surface area contributed by atoms with Crippen LogP contribution in [0.1, 0.15) is 104 Å². The maximum atomic E-state index is 15.0. The second-order valence-corrected chi connectivity index (χ2v) is 13.8. The summed E-state index contributed by atoms with van der Waals surface area (Å²) >= 11 is 6.20. The van der Waals surface area contributed by atoms with Crippen LogP contribution in [0.4, 0.5) is 10.1 Å². The summed E-state index contributed by atoms with van der Waals surface area (Å²) in [6.07, 6.45) is 9.62. The van der Waals surface area contributed by atoms with Gasteiger partial charge in [-0.3, -0.25) is 9.78 Å². The molecule has 3 aliphatic carbocycles. The van der Waals surface area contributed by atoms with E-state index in [1.165, 1.54) is 18.6 Å². The number of ether oxygens (including phenoxy) is 1. The maximum Gasteiger partial charge on any atom is 0.329 e. The van der Waals surface area contributed by atoms with Crippen molar-refractivity contribution in [2.75, 3.05) is 11.9 Å². The second kappa shape index (κ2) is 12.2. The molecule has 236 valence electrons. The number of fused-ring (bicyclic) bond motifs is 3. The first-order chi connectivity index (χ1) is 21.5. The molecule has 8 heteroatoms. The Morgan fingerprint density at radius 1 is 1.18 bits per heavy atom. The zero-order valence-corrected chi connectivity index (χ0v) is 26.8. The largest absolute Gasteiger partial charge is 0.493 e. The van der Waals surface area contributed by atoms with E-state index in [1.807, 2.05) is 18.3 Å². The Labute approximate surface area is 269 Å². The molecule has 2 aromatic carbocycles. The first-order valence-electron chi connectivity index (χ1n) is 15.9. The number of allylic oxidation sites excluding steroid dienone is 1. The van der Waals surface area contributed by atoms with Gasteiger partial charge in [0, 0.05) is 33.6 Å². The molecule has 6 rings (SSSR count). The van der Waals surface area contributed by atoms with Crippen molar-refractivity contribution in [1.82, 2.24) is 4.98 Å². The number of Topliss-reactive ketones (excluding diaryl/α,β-unsaturated/α-hetero) is 1. The number of carboxylic acid groups (broad SMARTS) is 1. The molecule has 1 heterocycles. The Balaban J connectivity index is 1.27. The highest BCUT2D eigenvalue weighted by Crippen LogP contribution is 2.55. The van der Waals surface area contributed by atoms with Gasteiger partial charge in [0.15, 0.2) is 5.78 Å². The van der Waals surface area contributed by atoms with E-state index < -0.39 is 22.7 Å². The predicted molar refractivity (Wildman–Crippen MR) is 175 cm³/mol. The van der Waals surface area contributed by atoms with Crippen molar-refractivity contribution in [2.24, 2.45) is 5.92 Å². The van der Waals surface area contributed by atoms with Crippen LogP contribution in [0.2, 0.25) is 5.02 Å². The Morgan fingerprint density at radius 2 is 1.96 bits per heavy atom. The van der Waals surface area contributed by atoms with E-state index >= 15 is 4.39 Å². The average molecular weight is 631 g/mol. The molecule has 0 unspecified atom stereocenters. The highest BCUT2D eigenvalue weighted by atomic mass is 35.5. The quantitative estimate of drug-likeness (QED) is 0.230. The number of nitrogens with one attached hydrogen (secondary N) is 1. The number of carboxylic acids is 1. The fourth-order valence-electron chi connectivity index (χ4n) is 7.81. The normalized spacial score (nSPS) is 24.4. The number of carbonyl (C=O) groups is 2. The van der Waals surface area contributed by atoms with Crippen molar-refractivity contribution in [3.05, 3.63) is 93.0 Å².